The predicted octanol–water partition coefficient (Wildman–Crippen LogP) is 2.84. The topological polar surface area (TPSA) is 86.8 Å². The maximum Gasteiger partial charge on any atom is 0.243 e. The molecule has 9 heteroatoms. The highest BCUT2D eigenvalue weighted by Gasteiger charge is 2.33. The number of hydrogen-bond acceptors (Lipinski definition) is 4. The van der Waals surface area contributed by atoms with E-state index in [0.29, 0.717) is 31.6 Å². The van der Waals surface area contributed by atoms with Crippen LogP contribution in [-0.4, -0.2) is 49.6 Å². The van der Waals surface area contributed by atoms with E-state index in [2.05, 4.69) is 5.32 Å². The Morgan fingerprint density at radius 3 is 2.52 bits per heavy atom. The normalized spacial score (nSPS) is 17.2. The van der Waals surface area contributed by atoms with Crippen LogP contribution in [-0.2, 0) is 26.2 Å². The van der Waals surface area contributed by atoms with Gasteiger partial charge in [0.05, 0.1) is 10.8 Å². The summed E-state index contributed by atoms with van der Waals surface area (Å²) in [5, 5.41) is 2.90. The number of amides is 2. The zero-order chi connectivity index (χ0) is 22.6. The van der Waals surface area contributed by atoms with Gasteiger partial charge in [-0.1, -0.05) is 18.2 Å². The molecule has 1 N–H and O–H groups in total. The van der Waals surface area contributed by atoms with Crippen molar-refractivity contribution in [1.82, 2.24) is 9.21 Å². The minimum atomic E-state index is -3.81. The summed E-state index contributed by atoms with van der Waals surface area (Å²) in [4.78, 5) is 26.0. The maximum atomic E-state index is 13.2. The molecule has 1 atom stereocenters. The van der Waals surface area contributed by atoms with Crippen LogP contribution in [0, 0.1) is 11.7 Å². The van der Waals surface area contributed by atoms with Gasteiger partial charge >= 0.3 is 0 Å². The first-order chi connectivity index (χ1) is 14.7. The van der Waals surface area contributed by atoms with Gasteiger partial charge in [0.25, 0.3) is 0 Å². The molecule has 2 amide bonds. The molecular formula is C22H26FN3O4S. The average molecular weight is 448 g/mol. The largest absolute Gasteiger partial charge is 0.342 e. The van der Waals surface area contributed by atoms with Crippen LogP contribution in [0.4, 0.5) is 10.1 Å². The van der Waals surface area contributed by atoms with E-state index in [9.17, 15) is 22.4 Å². The number of anilines is 1. The summed E-state index contributed by atoms with van der Waals surface area (Å²) in [6.45, 7) is 2.19. The zero-order valence-corrected chi connectivity index (χ0v) is 18.4. The first-order valence-corrected chi connectivity index (χ1v) is 11.5. The molecule has 3 rings (SSSR count). The fraction of sp³-hybridized carbons (Fsp3) is 0.364. The van der Waals surface area contributed by atoms with Crippen LogP contribution in [0.3, 0.4) is 0 Å². The molecule has 0 radical (unpaired) electrons. The van der Waals surface area contributed by atoms with Gasteiger partial charge in [0, 0.05) is 39.3 Å². The second kappa shape index (κ2) is 9.57. The summed E-state index contributed by atoms with van der Waals surface area (Å²) in [7, 11) is -2.13. The summed E-state index contributed by atoms with van der Waals surface area (Å²) >= 11 is 0. The Labute approximate surface area is 181 Å². The summed E-state index contributed by atoms with van der Waals surface area (Å²) in [6.07, 6.45) is 1.12. The van der Waals surface area contributed by atoms with Gasteiger partial charge in [-0.2, -0.15) is 4.31 Å². The molecule has 0 saturated carbocycles. The summed E-state index contributed by atoms with van der Waals surface area (Å²) in [6, 6.07) is 11.9. The molecule has 166 valence electrons. The number of sulfonamides is 1. The Kier molecular flexibility index (Phi) is 7.07. The second-order valence-electron chi connectivity index (χ2n) is 7.68. The van der Waals surface area contributed by atoms with Gasteiger partial charge in [0.2, 0.25) is 21.8 Å². The van der Waals surface area contributed by atoms with E-state index in [1.807, 2.05) is 12.1 Å². The smallest absolute Gasteiger partial charge is 0.243 e. The van der Waals surface area contributed by atoms with Crippen LogP contribution in [0.1, 0.15) is 25.3 Å². The van der Waals surface area contributed by atoms with Crippen LogP contribution in [0.2, 0.25) is 0 Å². The number of carbonyl (C=O) groups is 2. The molecule has 2 aromatic carbocycles. The standard InChI is InChI=1S/C22H26FN3O4S/c1-16(27)25(2)14-17-6-3-4-8-21(17)24-22(28)18-7-5-13-26(15-18)31(29,30)20-11-9-19(23)10-12-20/h3-4,6,8-12,18H,5,7,13-15H2,1-2H3,(H,24,28). The van der Waals surface area contributed by atoms with Crippen LogP contribution in [0.25, 0.3) is 0 Å². The number of halogens is 1. The molecule has 0 spiro atoms. The number of rotatable bonds is 6. The fourth-order valence-electron chi connectivity index (χ4n) is 3.51. The molecule has 0 aromatic heterocycles. The summed E-state index contributed by atoms with van der Waals surface area (Å²) < 4.78 is 40.2. The third-order valence-electron chi connectivity index (χ3n) is 5.43. The average Bonchev–Trinajstić information content (AvgIpc) is 2.75. The SMILES string of the molecule is CC(=O)N(C)Cc1ccccc1NC(=O)C1CCCN(S(=O)(=O)c2ccc(F)cc2)C1. The Balaban J connectivity index is 1.72. The highest BCUT2D eigenvalue weighted by Crippen LogP contribution is 2.26. The van der Waals surface area contributed by atoms with Gasteiger partial charge in [0.1, 0.15) is 5.82 Å². The van der Waals surface area contributed by atoms with Crippen molar-refractivity contribution in [1.29, 1.82) is 0 Å². The van der Waals surface area contributed by atoms with Crippen molar-refractivity contribution >= 4 is 27.5 Å². The number of nitrogens with zero attached hydrogens (tertiary/aromatic N) is 2. The third kappa shape index (κ3) is 5.48. The number of hydrogen-bond donors (Lipinski definition) is 1. The molecule has 2 aromatic rings. The lowest BCUT2D eigenvalue weighted by Gasteiger charge is -2.31. The number of benzene rings is 2. The molecule has 0 bridgehead atoms. The van der Waals surface area contributed by atoms with Crippen molar-refractivity contribution < 1.29 is 22.4 Å². The molecule has 1 fully saturated rings. The van der Waals surface area contributed by atoms with Crippen LogP contribution in [0.15, 0.2) is 53.4 Å². The van der Waals surface area contributed by atoms with Crippen molar-refractivity contribution in [2.24, 2.45) is 5.92 Å². The van der Waals surface area contributed by atoms with Crippen LogP contribution < -0.4 is 5.32 Å². The highest BCUT2D eigenvalue weighted by molar-refractivity contribution is 7.89. The van der Waals surface area contributed by atoms with E-state index < -0.39 is 21.8 Å². The van der Waals surface area contributed by atoms with Crippen molar-refractivity contribution in [2.75, 3.05) is 25.5 Å². The highest BCUT2D eigenvalue weighted by atomic mass is 32.2. The van der Waals surface area contributed by atoms with E-state index in [1.54, 1.807) is 24.1 Å². The molecular weight excluding hydrogens is 421 g/mol. The number of carbonyl (C=O) groups excluding carboxylic acids is 2. The molecule has 1 aliphatic rings. The predicted molar refractivity (Wildman–Crippen MR) is 115 cm³/mol. The van der Waals surface area contributed by atoms with E-state index in [0.717, 1.165) is 17.7 Å². The quantitative estimate of drug-likeness (QED) is 0.738. The van der Waals surface area contributed by atoms with Crippen molar-refractivity contribution in [3.05, 3.63) is 59.9 Å². The zero-order valence-electron chi connectivity index (χ0n) is 17.5. The Hall–Kier alpha value is -2.78. The first kappa shape index (κ1) is 22.9. The second-order valence-corrected chi connectivity index (χ2v) is 9.62. The van der Waals surface area contributed by atoms with E-state index in [1.165, 1.54) is 23.4 Å². The number of piperidine rings is 1. The van der Waals surface area contributed by atoms with E-state index in [4.69, 9.17) is 0 Å². The molecule has 7 nitrogen and oxygen atoms in total. The number of para-hydroxylation sites is 1. The fourth-order valence-corrected chi connectivity index (χ4v) is 5.04. The Morgan fingerprint density at radius 1 is 1.16 bits per heavy atom. The summed E-state index contributed by atoms with van der Waals surface area (Å²) in [5.74, 6) is -1.38. The van der Waals surface area contributed by atoms with Crippen molar-refractivity contribution in [3.8, 4) is 0 Å². The third-order valence-corrected chi connectivity index (χ3v) is 7.31. The molecule has 1 unspecified atom stereocenters. The van der Waals surface area contributed by atoms with Crippen molar-refractivity contribution in [2.45, 2.75) is 31.2 Å². The van der Waals surface area contributed by atoms with E-state index >= 15 is 0 Å². The van der Waals surface area contributed by atoms with Gasteiger partial charge in [-0.15, -0.1) is 0 Å². The van der Waals surface area contributed by atoms with Gasteiger partial charge in [0.15, 0.2) is 0 Å². The van der Waals surface area contributed by atoms with Gasteiger partial charge in [-0.25, -0.2) is 12.8 Å². The molecule has 0 aliphatic carbocycles. The Morgan fingerprint density at radius 2 is 1.84 bits per heavy atom. The molecule has 1 saturated heterocycles. The van der Waals surface area contributed by atoms with Gasteiger partial charge in [-0.3, -0.25) is 9.59 Å². The molecule has 1 heterocycles. The molecule has 31 heavy (non-hydrogen) atoms. The van der Waals surface area contributed by atoms with Gasteiger partial charge in [-0.05, 0) is 48.7 Å². The van der Waals surface area contributed by atoms with E-state index in [-0.39, 0.29) is 23.3 Å². The number of nitrogens with one attached hydrogen (secondary N) is 1. The van der Waals surface area contributed by atoms with Crippen molar-refractivity contribution in [3.63, 3.8) is 0 Å². The lowest BCUT2D eigenvalue weighted by molar-refractivity contribution is -0.128. The maximum absolute atomic E-state index is 13.2. The summed E-state index contributed by atoms with van der Waals surface area (Å²) in [5.41, 5.74) is 1.39. The monoisotopic (exact) mass is 447 g/mol. The van der Waals surface area contributed by atoms with Crippen LogP contribution >= 0.6 is 0 Å². The molecule has 1 aliphatic heterocycles. The first-order valence-electron chi connectivity index (χ1n) is 10.0. The minimum Gasteiger partial charge on any atom is -0.342 e. The minimum absolute atomic E-state index is 0.00701. The Bertz CT molecular complexity index is 1060. The lowest BCUT2D eigenvalue weighted by atomic mass is 9.98. The van der Waals surface area contributed by atoms with Gasteiger partial charge < -0.3 is 10.2 Å². The lowest BCUT2D eigenvalue weighted by Crippen LogP contribution is -2.43. The van der Waals surface area contributed by atoms with Crippen LogP contribution in [0.5, 0.6) is 0 Å².